The predicted molar refractivity (Wildman–Crippen MR) is 68.4 cm³/mol. The number of rotatable bonds is 3. The third-order valence-corrected chi connectivity index (χ3v) is 3.67. The van der Waals surface area contributed by atoms with Crippen LogP contribution in [0, 0.1) is 11.7 Å². The van der Waals surface area contributed by atoms with Gasteiger partial charge in [-0.3, -0.25) is 0 Å². The second-order valence-electron chi connectivity index (χ2n) is 5.01. The zero-order valence-electron chi connectivity index (χ0n) is 10.4. The molecule has 2 unspecified atom stereocenters. The number of anilines is 1. The van der Waals surface area contributed by atoms with E-state index in [-0.39, 0.29) is 11.6 Å². The Morgan fingerprint density at radius 2 is 2.11 bits per heavy atom. The van der Waals surface area contributed by atoms with Gasteiger partial charge in [0, 0.05) is 6.04 Å². The normalized spacial score (nSPS) is 23.7. The van der Waals surface area contributed by atoms with Crippen molar-refractivity contribution in [3.63, 3.8) is 0 Å². The number of aromatic carboxylic acids is 1. The zero-order valence-corrected chi connectivity index (χ0v) is 10.4. The van der Waals surface area contributed by atoms with Crippen LogP contribution >= 0.6 is 0 Å². The summed E-state index contributed by atoms with van der Waals surface area (Å²) in [4.78, 5) is 10.7. The molecule has 2 N–H and O–H groups in total. The van der Waals surface area contributed by atoms with Crippen molar-refractivity contribution in [2.45, 2.75) is 38.6 Å². The van der Waals surface area contributed by atoms with Gasteiger partial charge in [0.1, 0.15) is 5.82 Å². The molecule has 0 saturated heterocycles. The highest BCUT2D eigenvalue weighted by Gasteiger charge is 2.22. The van der Waals surface area contributed by atoms with Crippen LogP contribution in [0.1, 0.15) is 43.0 Å². The molecule has 0 radical (unpaired) electrons. The minimum atomic E-state index is -1.11. The van der Waals surface area contributed by atoms with E-state index in [1.807, 2.05) is 0 Å². The fourth-order valence-corrected chi connectivity index (χ4v) is 2.50. The molecule has 2 rings (SSSR count). The number of hydrogen-bond acceptors (Lipinski definition) is 2. The van der Waals surface area contributed by atoms with Crippen LogP contribution in [0.3, 0.4) is 0 Å². The van der Waals surface area contributed by atoms with Crippen molar-refractivity contribution in [1.29, 1.82) is 0 Å². The smallest absolute Gasteiger partial charge is 0.335 e. The van der Waals surface area contributed by atoms with Gasteiger partial charge in [0.05, 0.1) is 11.3 Å². The van der Waals surface area contributed by atoms with Gasteiger partial charge in [0.25, 0.3) is 0 Å². The van der Waals surface area contributed by atoms with Crippen molar-refractivity contribution >= 4 is 11.7 Å². The SMILES string of the molecule is CC1CCCCC1Nc1ccc(C(=O)O)cc1F. The third kappa shape index (κ3) is 2.81. The lowest BCUT2D eigenvalue weighted by atomic mass is 9.86. The summed E-state index contributed by atoms with van der Waals surface area (Å²) < 4.78 is 13.8. The first kappa shape index (κ1) is 12.9. The van der Waals surface area contributed by atoms with E-state index in [9.17, 15) is 9.18 Å². The average Bonchev–Trinajstić information content (AvgIpc) is 2.34. The summed E-state index contributed by atoms with van der Waals surface area (Å²) in [7, 11) is 0. The van der Waals surface area contributed by atoms with Crippen LogP contribution in [0.2, 0.25) is 0 Å². The van der Waals surface area contributed by atoms with Crippen LogP contribution in [-0.4, -0.2) is 17.1 Å². The van der Waals surface area contributed by atoms with Crippen molar-refractivity contribution in [2.75, 3.05) is 5.32 Å². The number of carbonyl (C=O) groups is 1. The zero-order chi connectivity index (χ0) is 13.1. The molecule has 1 saturated carbocycles. The van der Waals surface area contributed by atoms with Crippen molar-refractivity contribution in [3.05, 3.63) is 29.6 Å². The summed E-state index contributed by atoms with van der Waals surface area (Å²) in [6.07, 6.45) is 4.60. The molecule has 1 aromatic carbocycles. The van der Waals surface area contributed by atoms with Gasteiger partial charge >= 0.3 is 5.97 Å². The van der Waals surface area contributed by atoms with E-state index in [0.29, 0.717) is 11.6 Å². The molecule has 18 heavy (non-hydrogen) atoms. The van der Waals surface area contributed by atoms with Crippen LogP contribution in [0.5, 0.6) is 0 Å². The van der Waals surface area contributed by atoms with E-state index in [1.165, 1.54) is 18.6 Å². The highest BCUT2D eigenvalue weighted by Crippen LogP contribution is 2.28. The van der Waals surface area contributed by atoms with Gasteiger partial charge in [-0.15, -0.1) is 0 Å². The second-order valence-corrected chi connectivity index (χ2v) is 5.01. The molecule has 0 aliphatic heterocycles. The first-order chi connectivity index (χ1) is 8.58. The van der Waals surface area contributed by atoms with Gasteiger partial charge < -0.3 is 10.4 Å². The van der Waals surface area contributed by atoms with Crippen LogP contribution < -0.4 is 5.32 Å². The topological polar surface area (TPSA) is 49.3 Å². The van der Waals surface area contributed by atoms with Crippen LogP contribution in [0.25, 0.3) is 0 Å². The molecular formula is C14H18FNO2. The molecule has 1 aromatic rings. The molecule has 0 amide bonds. The van der Waals surface area contributed by atoms with E-state index < -0.39 is 11.8 Å². The molecule has 3 nitrogen and oxygen atoms in total. The van der Waals surface area contributed by atoms with E-state index in [0.717, 1.165) is 25.3 Å². The van der Waals surface area contributed by atoms with Gasteiger partial charge in [-0.2, -0.15) is 0 Å². The minimum Gasteiger partial charge on any atom is -0.478 e. The maximum absolute atomic E-state index is 13.8. The standard InChI is InChI=1S/C14H18FNO2/c1-9-4-2-3-5-12(9)16-13-7-6-10(14(17)18)8-11(13)15/h6-9,12,16H,2-5H2,1H3,(H,17,18). The number of carboxylic acids is 1. The Morgan fingerprint density at radius 1 is 1.39 bits per heavy atom. The fraction of sp³-hybridized carbons (Fsp3) is 0.500. The molecule has 0 heterocycles. The molecule has 0 aromatic heterocycles. The maximum atomic E-state index is 13.8. The lowest BCUT2D eigenvalue weighted by Crippen LogP contribution is -2.30. The summed E-state index contributed by atoms with van der Waals surface area (Å²) in [6, 6.07) is 4.29. The Hall–Kier alpha value is -1.58. The van der Waals surface area contributed by atoms with Gasteiger partial charge in [-0.25, -0.2) is 9.18 Å². The highest BCUT2D eigenvalue weighted by atomic mass is 19.1. The van der Waals surface area contributed by atoms with Gasteiger partial charge in [-0.1, -0.05) is 19.8 Å². The van der Waals surface area contributed by atoms with Gasteiger partial charge in [0.2, 0.25) is 0 Å². The van der Waals surface area contributed by atoms with Crippen molar-refractivity contribution in [1.82, 2.24) is 0 Å². The molecule has 1 aliphatic rings. The number of benzene rings is 1. The second kappa shape index (κ2) is 5.38. The van der Waals surface area contributed by atoms with Crippen molar-refractivity contribution in [2.24, 2.45) is 5.92 Å². The number of hydrogen-bond donors (Lipinski definition) is 2. The van der Waals surface area contributed by atoms with Crippen molar-refractivity contribution in [3.8, 4) is 0 Å². The van der Waals surface area contributed by atoms with E-state index in [1.54, 1.807) is 0 Å². The lowest BCUT2D eigenvalue weighted by molar-refractivity contribution is 0.0696. The van der Waals surface area contributed by atoms with Gasteiger partial charge in [0.15, 0.2) is 0 Å². The highest BCUT2D eigenvalue weighted by molar-refractivity contribution is 5.88. The molecule has 98 valence electrons. The summed E-state index contributed by atoms with van der Waals surface area (Å²) in [5, 5.41) is 12.0. The quantitative estimate of drug-likeness (QED) is 0.864. The summed E-state index contributed by atoms with van der Waals surface area (Å²) >= 11 is 0. The van der Waals surface area contributed by atoms with Gasteiger partial charge in [-0.05, 0) is 37.0 Å². The fourth-order valence-electron chi connectivity index (χ4n) is 2.50. The van der Waals surface area contributed by atoms with E-state index in [2.05, 4.69) is 12.2 Å². The molecule has 2 atom stereocenters. The van der Waals surface area contributed by atoms with Crippen molar-refractivity contribution < 1.29 is 14.3 Å². The van der Waals surface area contributed by atoms with E-state index >= 15 is 0 Å². The first-order valence-corrected chi connectivity index (χ1v) is 6.37. The Kier molecular flexibility index (Phi) is 3.84. The van der Waals surface area contributed by atoms with Crippen LogP contribution in [0.4, 0.5) is 10.1 Å². The Morgan fingerprint density at radius 3 is 2.72 bits per heavy atom. The maximum Gasteiger partial charge on any atom is 0.335 e. The number of nitrogens with one attached hydrogen (secondary N) is 1. The Balaban J connectivity index is 2.11. The molecule has 0 spiro atoms. The summed E-state index contributed by atoms with van der Waals surface area (Å²) in [5.74, 6) is -1.07. The number of carboxylic acid groups (broad SMARTS) is 1. The Bertz CT molecular complexity index is 447. The molecular weight excluding hydrogens is 233 g/mol. The van der Waals surface area contributed by atoms with Crippen LogP contribution in [0.15, 0.2) is 18.2 Å². The summed E-state index contributed by atoms with van der Waals surface area (Å²) in [6.45, 7) is 2.17. The lowest BCUT2D eigenvalue weighted by Gasteiger charge is -2.30. The van der Waals surface area contributed by atoms with E-state index in [4.69, 9.17) is 5.11 Å². The minimum absolute atomic E-state index is 0.0188. The largest absolute Gasteiger partial charge is 0.478 e. The average molecular weight is 251 g/mol. The predicted octanol–water partition coefficient (Wildman–Crippen LogP) is 3.51. The summed E-state index contributed by atoms with van der Waals surface area (Å²) in [5.41, 5.74) is 0.383. The Labute approximate surface area is 106 Å². The molecule has 4 heteroatoms. The first-order valence-electron chi connectivity index (χ1n) is 6.37. The molecule has 0 bridgehead atoms. The monoisotopic (exact) mass is 251 g/mol. The molecule has 1 aliphatic carbocycles. The van der Waals surface area contributed by atoms with Crippen LogP contribution in [-0.2, 0) is 0 Å². The third-order valence-electron chi connectivity index (χ3n) is 3.67. The molecule has 1 fully saturated rings. The number of halogens is 1.